The standard InChI is InChI=1S/C15H22N8/c1-10-16-14(18-13-9-12(20-21-13)11-3-4-11)19-15(17-10)23-7-5-22(2)6-8-23/h9,11H,3-8H2,1-2H3,(H2,16,17,18,19,20,21). The van der Waals surface area contributed by atoms with Gasteiger partial charge < -0.3 is 15.1 Å². The topological polar surface area (TPSA) is 85.9 Å². The molecule has 2 aromatic rings. The fourth-order valence-electron chi connectivity index (χ4n) is 2.79. The lowest BCUT2D eigenvalue weighted by Gasteiger charge is -2.32. The smallest absolute Gasteiger partial charge is 0.233 e. The zero-order valence-corrected chi connectivity index (χ0v) is 13.6. The normalized spacial score (nSPS) is 19.1. The molecular formula is C15H22N8. The maximum atomic E-state index is 4.57. The van der Waals surface area contributed by atoms with Crippen LogP contribution in [0.5, 0.6) is 0 Å². The molecule has 2 N–H and O–H groups in total. The molecule has 2 aliphatic rings. The van der Waals surface area contributed by atoms with E-state index in [2.05, 4.69) is 47.3 Å². The minimum atomic E-state index is 0.556. The minimum absolute atomic E-state index is 0.556. The Bertz CT molecular complexity index is 685. The molecule has 1 aliphatic heterocycles. The van der Waals surface area contributed by atoms with Crippen LogP contribution >= 0.6 is 0 Å². The molecule has 0 atom stereocenters. The quantitative estimate of drug-likeness (QED) is 0.879. The molecule has 1 saturated carbocycles. The van der Waals surface area contributed by atoms with E-state index in [-0.39, 0.29) is 0 Å². The Kier molecular flexibility index (Phi) is 3.60. The molecule has 0 spiro atoms. The lowest BCUT2D eigenvalue weighted by atomic mass is 10.3. The summed E-state index contributed by atoms with van der Waals surface area (Å²) in [5.74, 6) is 3.43. The van der Waals surface area contributed by atoms with Crippen LogP contribution in [0.2, 0.25) is 0 Å². The van der Waals surface area contributed by atoms with Gasteiger partial charge in [0.1, 0.15) is 5.82 Å². The van der Waals surface area contributed by atoms with Gasteiger partial charge in [-0.25, -0.2) is 0 Å². The molecule has 1 aliphatic carbocycles. The van der Waals surface area contributed by atoms with Crippen molar-refractivity contribution < 1.29 is 0 Å². The Morgan fingerprint density at radius 3 is 2.65 bits per heavy atom. The van der Waals surface area contributed by atoms with E-state index in [1.165, 1.54) is 18.5 Å². The van der Waals surface area contributed by atoms with Crippen molar-refractivity contribution in [3.63, 3.8) is 0 Å². The fourth-order valence-corrected chi connectivity index (χ4v) is 2.79. The van der Waals surface area contributed by atoms with Crippen LogP contribution in [0.3, 0.4) is 0 Å². The number of likely N-dealkylation sites (N-methyl/N-ethyl adjacent to an activating group) is 1. The van der Waals surface area contributed by atoms with E-state index in [1.54, 1.807) is 0 Å². The zero-order chi connectivity index (χ0) is 15.8. The Hall–Kier alpha value is -2.22. The molecule has 8 nitrogen and oxygen atoms in total. The second kappa shape index (κ2) is 5.77. The molecule has 4 rings (SSSR count). The highest BCUT2D eigenvalue weighted by Gasteiger charge is 2.25. The monoisotopic (exact) mass is 314 g/mol. The first kappa shape index (κ1) is 14.4. The molecule has 8 heteroatoms. The van der Waals surface area contributed by atoms with Crippen molar-refractivity contribution in [2.24, 2.45) is 0 Å². The van der Waals surface area contributed by atoms with Gasteiger partial charge in [-0.3, -0.25) is 5.10 Å². The van der Waals surface area contributed by atoms with Crippen molar-refractivity contribution in [1.29, 1.82) is 0 Å². The van der Waals surface area contributed by atoms with E-state index in [4.69, 9.17) is 0 Å². The highest BCUT2D eigenvalue weighted by molar-refractivity contribution is 5.50. The first-order chi connectivity index (χ1) is 11.2. The second-order valence-electron chi connectivity index (χ2n) is 6.40. The van der Waals surface area contributed by atoms with Gasteiger partial charge in [0.15, 0.2) is 5.82 Å². The molecule has 23 heavy (non-hydrogen) atoms. The summed E-state index contributed by atoms with van der Waals surface area (Å²) in [6.45, 7) is 5.82. The van der Waals surface area contributed by atoms with Gasteiger partial charge in [0, 0.05) is 43.9 Å². The van der Waals surface area contributed by atoms with Crippen molar-refractivity contribution in [3.05, 3.63) is 17.6 Å². The molecular weight excluding hydrogens is 292 g/mol. The molecule has 0 amide bonds. The number of hydrogen-bond acceptors (Lipinski definition) is 7. The van der Waals surface area contributed by atoms with E-state index in [0.717, 1.165) is 43.8 Å². The number of nitrogens with one attached hydrogen (secondary N) is 2. The summed E-state index contributed by atoms with van der Waals surface area (Å²) >= 11 is 0. The van der Waals surface area contributed by atoms with Gasteiger partial charge in [0.25, 0.3) is 0 Å². The third kappa shape index (κ3) is 3.26. The maximum Gasteiger partial charge on any atom is 0.233 e. The number of nitrogens with zero attached hydrogens (tertiary/aromatic N) is 6. The maximum absolute atomic E-state index is 4.57. The summed E-state index contributed by atoms with van der Waals surface area (Å²) in [5.41, 5.74) is 1.19. The van der Waals surface area contributed by atoms with Gasteiger partial charge >= 0.3 is 0 Å². The van der Waals surface area contributed by atoms with E-state index < -0.39 is 0 Å². The van der Waals surface area contributed by atoms with E-state index in [0.29, 0.717) is 11.9 Å². The highest BCUT2D eigenvalue weighted by atomic mass is 15.3. The third-order valence-corrected chi connectivity index (χ3v) is 4.38. The van der Waals surface area contributed by atoms with Crippen LogP contribution in [0.25, 0.3) is 0 Å². The van der Waals surface area contributed by atoms with Crippen LogP contribution in [-0.2, 0) is 0 Å². The van der Waals surface area contributed by atoms with Gasteiger partial charge in [-0.1, -0.05) is 0 Å². The summed E-state index contributed by atoms with van der Waals surface area (Å²) in [6, 6.07) is 2.05. The Balaban J connectivity index is 1.51. The van der Waals surface area contributed by atoms with Crippen molar-refractivity contribution in [2.45, 2.75) is 25.7 Å². The van der Waals surface area contributed by atoms with Crippen molar-refractivity contribution >= 4 is 17.7 Å². The Labute approximate surface area is 135 Å². The summed E-state index contributed by atoms with van der Waals surface area (Å²) in [6.07, 6.45) is 2.50. The van der Waals surface area contributed by atoms with Crippen molar-refractivity contribution in [1.82, 2.24) is 30.0 Å². The molecule has 2 fully saturated rings. The lowest BCUT2D eigenvalue weighted by molar-refractivity contribution is 0.311. The van der Waals surface area contributed by atoms with Crippen molar-refractivity contribution in [3.8, 4) is 0 Å². The molecule has 0 radical (unpaired) electrons. The number of piperazine rings is 1. The number of aromatic amines is 1. The van der Waals surface area contributed by atoms with Crippen LogP contribution in [0.4, 0.5) is 17.7 Å². The molecule has 3 heterocycles. The van der Waals surface area contributed by atoms with Gasteiger partial charge in [0.05, 0.1) is 0 Å². The summed E-state index contributed by atoms with van der Waals surface area (Å²) < 4.78 is 0. The number of aryl methyl sites for hydroxylation is 1. The lowest BCUT2D eigenvalue weighted by Crippen LogP contribution is -2.45. The minimum Gasteiger partial charge on any atom is -0.338 e. The Morgan fingerprint density at radius 1 is 1.13 bits per heavy atom. The average molecular weight is 314 g/mol. The molecule has 0 bridgehead atoms. The van der Waals surface area contributed by atoms with Crippen LogP contribution in [0.15, 0.2) is 6.07 Å². The molecule has 0 aromatic carbocycles. The van der Waals surface area contributed by atoms with Gasteiger partial charge in [-0.05, 0) is 26.8 Å². The van der Waals surface area contributed by atoms with Gasteiger partial charge in [-0.2, -0.15) is 20.1 Å². The number of hydrogen-bond donors (Lipinski definition) is 2. The first-order valence-corrected chi connectivity index (χ1v) is 8.16. The zero-order valence-electron chi connectivity index (χ0n) is 13.6. The predicted molar refractivity (Wildman–Crippen MR) is 88.1 cm³/mol. The molecule has 0 unspecified atom stereocenters. The van der Waals surface area contributed by atoms with Crippen LogP contribution in [0, 0.1) is 6.92 Å². The van der Waals surface area contributed by atoms with Crippen LogP contribution < -0.4 is 10.2 Å². The van der Waals surface area contributed by atoms with Gasteiger partial charge in [0.2, 0.25) is 11.9 Å². The molecule has 122 valence electrons. The second-order valence-corrected chi connectivity index (χ2v) is 6.40. The van der Waals surface area contributed by atoms with Crippen LogP contribution in [-0.4, -0.2) is 63.3 Å². The Morgan fingerprint density at radius 2 is 1.91 bits per heavy atom. The predicted octanol–water partition coefficient (Wildman–Crippen LogP) is 1.28. The highest BCUT2D eigenvalue weighted by Crippen LogP contribution is 2.39. The first-order valence-electron chi connectivity index (χ1n) is 8.16. The number of H-pyrrole nitrogens is 1. The average Bonchev–Trinajstić information content (AvgIpc) is 3.28. The third-order valence-electron chi connectivity index (χ3n) is 4.38. The summed E-state index contributed by atoms with van der Waals surface area (Å²) in [5, 5.41) is 10.6. The van der Waals surface area contributed by atoms with Crippen molar-refractivity contribution in [2.75, 3.05) is 43.4 Å². The van der Waals surface area contributed by atoms with Crippen LogP contribution in [0.1, 0.15) is 30.3 Å². The number of anilines is 3. The fraction of sp³-hybridized carbons (Fsp3) is 0.600. The van der Waals surface area contributed by atoms with Gasteiger partial charge in [-0.15, -0.1) is 0 Å². The van der Waals surface area contributed by atoms with E-state index in [1.807, 2.05) is 13.0 Å². The summed E-state index contributed by atoms with van der Waals surface area (Å²) in [7, 11) is 2.14. The largest absolute Gasteiger partial charge is 0.338 e. The molecule has 1 saturated heterocycles. The number of rotatable bonds is 4. The van der Waals surface area contributed by atoms with E-state index >= 15 is 0 Å². The summed E-state index contributed by atoms with van der Waals surface area (Å²) in [4.78, 5) is 18.0. The van der Waals surface area contributed by atoms with E-state index in [9.17, 15) is 0 Å². The molecule has 2 aromatic heterocycles. The SMILES string of the molecule is Cc1nc(Nc2cc(C3CC3)[nH]n2)nc(N2CCN(C)CC2)n1. The number of aromatic nitrogens is 5.